The molecule has 0 fully saturated rings. The summed E-state index contributed by atoms with van der Waals surface area (Å²) in [6.45, 7) is 7.19. The Bertz CT molecular complexity index is 1840. The zero-order chi connectivity index (χ0) is 26.9. The Morgan fingerprint density at radius 2 is 0.842 bits per heavy atom. The Morgan fingerprint density at radius 3 is 1.18 bits per heavy atom. The van der Waals surface area contributed by atoms with E-state index >= 15 is 0 Å². The van der Waals surface area contributed by atoms with Crippen molar-refractivity contribution >= 4 is 78.1 Å². The maximum absolute atomic E-state index is 13.5. The minimum Gasteiger partial charge on any atom is -0.398 e. The van der Waals surface area contributed by atoms with E-state index in [0.29, 0.717) is 76.7 Å². The normalized spacial score (nSPS) is 15.6. The molecule has 0 saturated carbocycles. The number of hydrogen-bond donors (Lipinski definition) is 2. The Labute approximate surface area is 217 Å². The van der Waals surface area contributed by atoms with Gasteiger partial charge in [0, 0.05) is 66.9 Å². The van der Waals surface area contributed by atoms with Crippen molar-refractivity contribution in [2.75, 3.05) is 11.5 Å². The standard InChI is InChI=1S/C30H24N4O4/c1-11(2)33-27(35)15-7-5-13-24-20(32)10-18-22-16(28(36)34(12(3)4)30(18)38)8-6-14(26(22)24)23-19(31)9-17(29(33)37)21(15)25(13)23/h5-12H,31-32H2,1-4H3. The van der Waals surface area contributed by atoms with Crippen LogP contribution in [-0.4, -0.2) is 45.5 Å². The molecule has 5 aromatic carbocycles. The van der Waals surface area contributed by atoms with E-state index in [4.69, 9.17) is 11.5 Å². The molecule has 0 bridgehead atoms. The van der Waals surface area contributed by atoms with E-state index in [0.717, 1.165) is 0 Å². The van der Waals surface area contributed by atoms with E-state index in [1.54, 1.807) is 52.0 Å². The van der Waals surface area contributed by atoms with E-state index in [-0.39, 0.29) is 35.7 Å². The smallest absolute Gasteiger partial charge is 0.261 e. The number of anilines is 2. The Kier molecular flexibility index (Phi) is 4.13. The first-order valence-electron chi connectivity index (χ1n) is 12.6. The molecule has 0 spiro atoms. The second-order valence-corrected chi connectivity index (χ2v) is 10.7. The third kappa shape index (κ3) is 2.40. The van der Waals surface area contributed by atoms with E-state index in [2.05, 4.69) is 0 Å². The van der Waals surface area contributed by atoms with Gasteiger partial charge in [-0.05, 0) is 62.7 Å². The molecule has 38 heavy (non-hydrogen) atoms. The van der Waals surface area contributed by atoms with Crippen molar-refractivity contribution in [3.8, 4) is 0 Å². The molecule has 0 saturated heterocycles. The average Bonchev–Trinajstić information content (AvgIpc) is 2.85. The first-order valence-corrected chi connectivity index (χ1v) is 12.6. The molecule has 0 aliphatic carbocycles. The molecule has 2 heterocycles. The summed E-state index contributed by atoms with van der Waals surface area (Å²) in [5, 5.41) is 5.23. The lowest BCUT2D eigenvalue weighted by molar-refractivity contribution is 0.0547. The lowest BCUT2D eigenvalue weighted by atomic mass is 9.81. The van der Waals surface area contributed by atoms with Gasteiger partial charge in [0.1, 0.15) is 0 Å². The fourth-order valence-electron chi connectivity index (χ4n) is 6.50. The quantitative estimate of drug-likeness (QED) is 0.152. The van der Waals surface area contributed by atoms with Crippen molar-refractivity contribution in [1.29, 1.82) is 0 Å². The van der Waals surface area contributed by atoms with E-state index in [1.165, 1.54) is 9.80 Å². The van der Waals surface area contributed by atoms with Crippen LogP contribution >= 0.6 is 0 Å². The van der Waals surface area contributed by atoms with Gasteiger partial charge in [0.25, 0.3) is 23.6 Å². The molecule has 4 amide bonds. The number of benzene rings is 5. The van der Waals surface area contributed by atoms with Crippen LogP contribution in [0.1, 0.15) is 69.1 Å². The van der Waals surface area contributed by atoms with Crippen molar-refractivity contribution in [2.45, 2.75) is 39.8 Å². The van der Waals surface area contributed by atoms with Gasteiger partial charge < -0.3 is 11.5 Å². The molecule has 0 unspecified atom stereocenters. The number of hydrogen-bond acceptors (Lipinski definition) is 6. The van der Waals surface area contributed by atoms with Crippen LogP contribution in [0.2, 0.25) is 0 Å². The zero-order valence-corrected chi connectivity index (χ0v) is 21.3. The SMILES string of the molecule is CC(C)N1C(=O)c2ccc3c4c(N)cc5c6c(ccc(c7c(N)cc(c2c37)C1=O)c64)C(=O)N(C(C)C)C5=O. The number of nitrogens with zero attached hydrogens (tertiary/aromatic N) is 2. The van der Waals surface area contributed by atoms with Crippen LogP contribution in [0.3, 0.4) is 0 Å². The van der Waals surface area contributed by atoms with E-state index in [1.807, 2.05) is 12.1 Å². The van der Waals surface area contributed by atoms with E-state index in [9.17, 15) is 19.2 Å². The molecule has 0 radical (unpaired) electrons. The number of fused-ring (bicyclic) bond motifs is 2. The Balaban J connectivity index is 1.72. The van der Waals surface area contributed by atoms with Crippen LogP contribution in [0, 0.1) is 0 Å². The summed E-state index contributed by atoms with van der Waals surface area (Å²) in [5.41, 5.74) is 15.7. The Hall–Kier alpha value is -4.72. The topological polar surface area (TPSA) is 127 Å². The number of carbonyl (C=O) groups excluding carboxylic acids is 4. The van der Waals surface area contributed by atoms with Crippen molar-refractivity contribution in [3.63, 3.8) is 0 Å². The van der Waals surface area contributed by atoms with Crippen LogP contribution in [0.15, 0.2) is 36.4 Å². The third-order valence-corrected chi connectivity index (χ3v) is 7.99. The molecule has 2 aliphatic rings. The first-order chi connectivity index (χ1) is 18.0. The predicted molar refractivity (Wildman–Crippen MR) is 148 cm³/mol. The fraction of sp³-hybridized carbons (Fsp3) is 0.200. The molecule has 0 aromatic heterocycles. The summed E-state index contributed by atoms with van der Waals surface area (Å²) in [7, 11) is 0. The molecule has 4 N–H and O–H groups in total. The lowest BCUT2D eigenvalue weighted by Crippen LogP contribution is -2.44. The van der Waals surface area contributed by atoms with Crippen molar-refractivity contribution in [3.05, 3.63) is 58.7 Å². The molecule has 7 rings (SSSR count). The van der Waals surface area contributed by atoms with Crippen molar-refractivity contribution in [1.82, 2.24) is 9.80 Å². The zero-order valence-electron chi connectivity index (χ0n) is 21.3. The summed E-state index contributed by atoms with van der Waals surface area (Å²) >= 11 is 0. The van der Waals surface area contributed by atoms with Gasteiger partial charge in [-0.2, -0.15) is 0 Å². The highest BCUT2D eigenvalue weighted by atomic mass is 16.2. The second kappa shape index (κ2) is 6.98. The molecular weight excluding hydrogens is 480 g/mol. The summed E-state index contributed by atoms with van der Waals surface area (Å²) in [6.07, 6.45) is 0. The largest absolute Gasteiger partial charge is 0.398 e. The number of nitrogen functional groups attached to an aromatic ring is 2. The van der Waals surface area contributed by atoms with Gasteiger partial charge in [-0.1, -0.05) is 12.1 Å². The number of rotatable bonds is 2. The fourth-order valence-corrected chi connectivity index (χ4v) is 6.50. The molecule has 0 atom stereocenters. The summed E-state index contributed by atoms with van der Waals surface area (Å²) in [5.74, 6) is -1.48. The van der Waals surface area contributed by atoms with Crippen LogP contribution < -0.4 is 11.5 Å². The molecule has 8 nitrogen and oxygen atoms in total. The van der Waals surface area contributed by atoms with Crippen LogP contribution in [0.25, 0.3) is 43.1 Å². The highest BCUT2D eigenvalue weighted by Crippen LogP contribution is 2.49. The monoisotopic (exact) mass is 504 g/mol. The minimum absolute atomic E-state index is 0.320. The molecule has 2 aliphatic heterocycles. The van der Waals surface area contributed by atoms with Gasteiger partial charge in [-0.3, -0.25) is 29.0 Å². The van der Waals surface area contributed by atoms with Crippen LogP contribution in [0.4, 0.5) is 11.4 Å². The minimum atomic E-state index is -0.387. The van der Waals surface area contributed by atoms with Gasteiger partial charge in [0.2, 0.25) is 0 Å². The van der Waals surface area contributed by atoms with Crippen LogP contribution in [0.5, 0.6) is 0 Å². The van der Waals surface area contributed by atoms with Crippen molar-refractivity contribution < 1.29 is 19.2 Å². The third-order valence-electron chi connectivity index (χ3n) is 7.99. The highest BCUT2D eigenvalue weighted by Gasteiger charge is 2.39. The number of carbonyl (C=O) groups is 4. The molecule has 5 aromatic rings. The maximum atomic E-state index is 13.5. The van der Waals surface area contributed by atoms with Gasteiger partial charge in [0.05, 0.1) is 11.1 Å². The number of nitrogens with two attached hydrogens (primary N) is 2. The van der Waals surface area contributed by atoms with E-state index < -0.39 is 0 Å². The lowest BCUT2D eigenvalue weighted by Gasteiger charge is -2.33. The van der Waals surface area contributed by atoms with Crippen molar-refractivity contribution in [2.24, 2.45) is 0 Å². The van der Waals surface area contributed by atoms with Gasteiger partial charge in [0.15, 0.2) is 0 Å². The first kappa shape index (κ1) is 22.5. The predicted octanol–water partition coefficient (Wildman–Crippen LogP) is 4.91. The molecule has 188 valence electrons. The van der Waals surface area contributed by atoms with Gasteiger partial charge in [-0.25, -0.2) is 0 Å². The Morgan fingerprint density at radius 1 is 0.500 bits per heavy atom. The molecule has 8 heteroatoms. The average molecular weight is 505 g/mol. The highest BCUT2D eigenvalue weighted by molar-refractivity contribution is 6.44. The summed E-state index contributed by atoms with van der Waals surface area (Å²) < 4.78 is 0. The number of imide groups is 2. The summed E-state index contributed by atoms with van der Waals surface area (Å²) in [4.78, 5) is 56.3. The maximum Gasteiger partial charge on any atom is 0.261 e. The second-order valence-electron chi connectivity index (χ2n) is 10.7. The molecular formula is C30H24N4O4. The number of amides is 4. The van der Waals surface area contributed by atoms with Crippen LogP contribution in [-0.2, 0) is 0 Å². The summed E-state index contributed by atoms with van der Waals surface area (Å²) in [6, 6.07) is 9.73. The van der Waals surface area contributed by atoms with Gasteiger partial charge >= 0.3 is 0 Å². The van der Waals surface area contributed by atoms with Gasteiger partial charge in [-0.15, -0.1) is 0 Å².